The van der Waals surface area contributed by atoms with E-state index in [1.165, 1.54) is 11.1 Å². The lowest BCUT2D eigenvalue weighted by Gasteiger charge is -2.36. The summed E-state index contributed by atoms with van der Waals surface area (Å²) >= 11 is 17.8. The Morgan fingerprint density at radius 2 is 1.72 bits per heavy atom. The van der Waals surface area contributed by atoms with Gasteiger partial charge in [0.15, 0.2) is 5.66 Å². The summed E-state index contributed by atoms with van der Waals surface area (Å²) in [4.78, 5) is 13.7. The molecule has 0 unspecified atom stereocenters. The van der Waals surface area contributed by atoms with Crippen molar-refractivity contribution in [3.63, 3.8) is 0 Å². The summed E-state index contributed by atoms with van der Waals surface area (Å²) in [6.45, 7) is 4.34. The first kappa shape index (κ1) is 21.9. The van der Waals surface area contributed by atoms with Crippen molar-refractivity contribution in [3.8, 4) is 5.75 Å². The highest BCUT2D eigenvalue weighted by Crippen LogP contribution is 2.33. The van der Waals surface area contributed by atoms with Gasteiger partial charge in [0, 0.05) is 12.5 Å². The van der Waals surface area contributed by atoms with Gasteiger partial charge < -0.3 is 16.2 Å². The van der Waals surface area contributed by atoms with E-state index in [1.807, 2.05) is 13.8 Å². The van der Waals surface area contributed by atoms with Crippen LogP contribution in [0.3, 0.4) is 0 Å². The number of hydrogen-bond donors (Lipinski definition) is 2. The standard InChI is InChI=1S/C14H18Cl3N5O2.ClH/c1-14(2)21-12(18)20-13(19)22(14)24-5-3-4-23-11-7-9(16)8(15)6-10(11)17;/h6-7H,3-5H2,1-2H3,(H4,18,19,20,21);1H. The number of hydrogen-bond acceptors (Lipinski definition) is 7. The van der Waals surface area contributed by atoms with Crippen LogP contribution in [0.2, 0.25) is 15.1 Å². The Hall–Kier alpha value is -1.12. The normalized spacial score (nSPS) is 16.0. The van der Waals surface area contributed by atoms with Crippen LogP contribution in [0.5, 0.6) is 5.75 Å². The van der Waals surface area contributed by atoms with E-state index in [9.17, 15) is 0 Å². The van der Waals surface area contributed by atoms with Crippen LogP contribution in [0.1, 0.15) is 20.3 Å². The van der Waals surface area contributed by atoms with E-state index < -0.39 is 5.66 Å². The van der Waals surface area contributed by atoms with E-state index in [1.54, 1.807) is 6.07 Å². The van der Waals surface area contributed by atoms with Gasteiger partial charge in [0.05, 0.1) is 28.3 Å². The average Bonchev–Trinajstić information content (AvgIpc) is 2.45. The van der Waals surface area contributed by atoms with Gasteiger partial charge >= 0.3 is 0 Å². The molecule has 0 atom stereocenters. The summed E-state index contributed by atoms with van der Waals surface area (Å²) in [5.41, 5.74) is 10.7. The highest BCUT2D eigenvalue weighted by molar-refractivity contribution is 6.43. The summed E-state index contributed by atoms with van der Waals surface area (Å²) in [5, 5.41) is 2.56. The Morgan fingerprint density at radius 1 is 1.08 bits per heavy atom. The Bertz CT molecular complexity index is 681. The van der Waals surface area contributed by atoms with Gasteiger partial charge in [0.25, 0.3) is 0 Å². The van der Waals surface area contributed by atoms with Crippen LogP contribution in [0.25, 0.3) is 0 Å². The third-order valence-electron chi connectivity index (χ3n) is 3.06. The first-order valence-electron chi connectivity index (χ1n) is 7.10. The quantitative estimate of drug-likeness (QED) is 0.531. The van der Waals surface area contributed by atoms with Gasteiger partial charge in [0.2, 0.25) is 11.9 Å². The minimum Gasteiger partial charge on any atom is -0.492 e. The molecule has 140 valence electrons. The highest BCUT2D eigenvalue weighted by atomic mass is 35.5. The van der Waals surface area contributed by atoms with Crippen LogP contribution in [0.4, 0.5) is 0 Å². The van der Waals surface area contributed by atoms with Gasteiger partial charge in [-0.05, 0) is 19.9 Å². The third kappa shape index (κ3) is 5.69. The van der Waals surface area contributed by atoms with Crippen LogP contribution in [-0.2, 0) is 4.84 Å². The van der Waals surface area contributed by atoms with Gasteiger partial charge in [-0.15, -0.1) is 12.4 Å². The molecule has 0 spiro atoms. The van der Waals surface area contributed by atoms with Crippen molar-refractivity contribution in [1.82, 2.24) is 5.06 Å². The van der Waals surface area contributed by atoms with E-state index in [0.717, 1.165) is 0 Å². The molecule has 0 saturated carbocycles. The molecule has 11 heteroatoms. The summed E-state index contributed by atoms with van der Waals surface area (Å²) in [5.74, 6) is 0.735. The lowest BCUT2D eigenvalue weighted by Crippen LogP contribution is -2.53. The van der Waals surface area contributed by atoms with Crippen molar-refractivity contribution in [2.24, 2.45) is 21.5 Å². The van der Waals surface area contributed by atoms with E-state index in [4.69, 9.17) is 55.8 Å². The molecule has 1 aliphatic heterocycles. The highest BCUT2D eigenvalue weighted by Gasteiger charge is 2.32. The monoisotopic (exact) mass is 429 g/mol. The van der Waals surface area contributed by atoms with Gasteiger partial charge in [-0.25, -0.2) is 4.99 Å². The number of nitrogens with zero attached hydrogens (tertiary/aromatic N) is 3. The zero-order chi connectivity index (χ0) is 17.9. The third-order valence-corrected chi connectivity index (χ3v) is 4.08. The maximum Gasteiger partial charge on any atom is 0.226 e. The summed E-state index contributed by atoms with van der Waals surface area (Å²) < 4.78 is 5.58. The van der Waals surface area contributed by atoms with Gasteiger partial charge in [-0.1, -0.05) is 34.8 Å². The van der Waals surface area contributed by atoms with Crippen LogP contribution in [-0.4, -0.2) is 35.9 Å². The summed E-state index contributed by atoms with van der Waals surface area (Å²) in [6, 6.07) is 3.11. The van der Waals surface area contributed by atoms with E-state index in [-0.39, 0.29) is 24.3 Å². The Kier molecular flexibility index (Phi) is 7.89. The molecule has 7 nitrogen and oxygen atoms in total. The Balaban J connectivity index is 0.00000312. The Labute approximate surface area is 167 Å². The molecular weight excluding hydrogens is 412 g/mol. The molecule has 0 saturated heterocycles. The number of rotatable bonds is 6. The van der Waals surface area contributed by atoms with Crippen molar-refractivity contribution >= 4 is 59.1 Å². The number of aliphatic imine (C=N–C) groups is 2. The predicted octanol–water partition coefficient (Wildman–Crippen LogP) is 3.45. The first-order valence-corrected chi connectivity index (χ1v) is 8.24. The van der Waals surface area contributed by atoms with Crippen molar-refractivity contribution in [3.05, 3.63) is 27.2 Å². The van der Waals surface area contributed by atoms with Crippen molar-refractivity contribution in [2.75, 3.05) is 13.2 Å². The zero-order valence-corrected chi connectivity index (χ0v) is 16.7. The molecule has 1 aromatic rings. The topological polar surface area (TPSA) is 98.5 Å². The van der Waals surface area contributed by atoms with E-state index in [0.29, 0.717) is 40.5 Å². The molecule has 0 radical (unpaired) electrons. The fourth-order valence-corrected chi connectivity index (χ4v) is 2.62. The maximum atomic E-state index is 6.04. The van der Waals surface area contributed by atoms with Crippen molar-refractivity contribution < 1.29 is 9.57 Å². The minimum absolute atomic E-state index is 0. The molecule has 0 aliphatic carbocycles. The molecule has 25 heavy (non-hydrogen) atoms. The number of benzene rings is 1. The fourth-order valence-electron chi connectivity index (χ4n) is 2.03. The lowest BCUT2D eigenvalue weighted by molar-refractivity contribution is -0.158. The molecule has 0 amide bonds. The number of hydroxylamine groups is 2. The van der Waals surface area contributed by atoms with E-state index >= 15 is 0 Å². The molecule has 0 aromatic heterocycles. The van der Waals surface area contributed by atoms with Crippen LogP contribution < -0.4 is 16.2 Å². The van der Waals surface area contributed by atoms with Crippen LogP contribution >= 0.6 is 47.2 Å². The van der Waals surface area contributed by atoms with Gasteiger partial charge in [-0.2, -0.15) is 10.1 Å². The van der Waals surface area contributed by atoms with Gasteiger partial charge in [0.1, 0.15) is 5.75 Å². The van der Waals surface area contributed by atoms with Gasteiger partial charge in [-0.3, -0.25) is 4.84 Å². The van der Waals surface area contributed by atoms with Crippen molar-refractivity contribution in [2.45, 2.75) is 25.9 Å². The second-order valence-electron chi connectivity index (χ2n) is 5.46. The first-order chi connectivity index (χ1) is 11.2. The second-order valence-corrected chi connectivity index (χ2v) is 6.68. The molecule has 4 N–H and O–H groups in total. The second kappa shape index (κ2) is 9.00. The van der Waals surface area contributed by atoms with Crippen LogP contribution in [0, 0.1) is 0 Å². The Morgan fingerprint density at radius 3 is 2.36 bits per heavy atom. The van der Waals surface area contributed by atoms with Crippen LogP contribution in [0.15, 0.2) is 22.1 Å². The minimum atomic E-state index is -0.732. The lowest BCUT2D eigenvalue weighted by atomic mass is 10.2. The van der Waals surface area contributed by atoms with Crippen molar-refractivity contribution in [1.29, 1.82) is 0 Å². The smallest absolute Gasteiger partial charge is 0.226 e. The number of guanidine groups is 2. The molecule has 2 rings (SSSR count). The molecule has 1 heterocycles. The molecular formula is C14H19Cl4N5O2. The fraction of sp³-hybridized carbons (Fsp3) is 0.429. The number of ether oxygens (including phenoxy) is 1. The van der Waals surface area contributed by atoms with E-state index in [2.05, 4.69) is 9.98 Å². The molecule has 1 aliphatic rings. The predicted molar refractivity (Wildman–Crippen MR) is 104 cm³/mol. The molecule has 0 fully saturated rings. The number of halogens is 4. The summed E-state index contributed by atoms with van der Waals surface area (Å²) in [7, 11) is 0. The molecule has 0 bridgehead atoms. The maximum absolute atomic E-state index is 6.04. The zero-order valence-electron chi connectivity index (χ0n) is 13.6. The average molecular weight is 431 g/mol. The summed E-state index contributed by atoms with van der Waals surface area (Å²) in [6.07, 6.45) is 0.579. The number of nitrogens with two attached hydrogens (primary N) is 2. The largest absolute Gasteiger partial charge is 0.492 e. The molecule has 1 aromatic carbocycles. The SMILES string of the molecule is CC1(C)N=C(N)N=C(N)N1OCCCOc1cc(Cl)c(Cl)cc1Cl.Cl.